The van der Waals surface area contributed by atoms with Gasteiger partial charge in [0, 0.05) is 131 Å². The maximum absolute atomic E-state index is 14.4. The van der Waals surface area contributed by atoms with E-state index in [1.807, 2.05) is 87.4 Å². The number of hydrogen-bond acceptors (Lipinski definition) is 18. The molecule has 90 heavy (non-hydrogen) atoms. The molecule has 492 valence electrons. The Morgan fingerprint density at radius 2 is 1.40 bits per heavy atom. The number of allylic oxidation sites excluding steroid dienone is 6. The molecule has 6 aliphatic rings. The third kappa shape index (κ3) is 13.0. The predicted molar refractivity (Wildman–Crippen MR) is 334 cm³/mol. The Morgan fingerprint density at radius 1 is 0.800 bits per heavy atom. The number of carbonyl (C=O) groups is 7. The Hall–Kier alpha value is -7.00. The van der Waals surface area contributed by atoms with Gasteiger partial charge in [0.05, 0.1) is 41.7 Å². The minimum Gasteiger partial charge on any atom is -0.394 e. The number of nitrogens with two attached hydrogens (primary N) is 6. The number of aromatic nitrogens is 2. The van der Waals surface area contributed by atoms with Crippen LogP contribution in [0, 0.1) is 59.2 Å². The first-order valence-electron chi connectivity index (χ1n) is 30.6. The number of aliphatic imine (C=N–C) groups is 3. The monoisotopic (exact) mass is 1270 g/mol. The lowest BCUT2D eigenvalue weighted by Gasteiger charge is -2.48. The average molecular weight is 1270 g/mol. The van der Waals surface area contributed by atoms with E-state index in [0.717, 1.165) is 11.1 Å². The maximum Gasteiger partial charge on any atom is 0.472 e. The van der Waals surface area contributed by atoms with E-state index >= 15 is 0 Å². The van der Waals surface area contributed by atoms with E-state index < -0.39 is 143 Å². The van der Waals surface area contributed by atoms with Gasteiger partial charge in [-0.2, -0.15) is 0 Å². The summed E-state index contributed by atoms with van der Waals surface area (Å²) in [5, 5.41) is 28.2. The summed E-state index contributed by atoms with van der Waals surface area (Å²) >= 11 is 0. The Balaban J connectivity index is 1.19. The number of aliphatic hydroxyl groups excluding tert-OH is 2. The van der Waals surface area contributed by atoms with Crippen molar-refractivity contribution in [1.29, 1.82) is 0 Å². The molecule has 0 spiro atoms. The second-order valence-electron chi connectivity index (χ2n) is 27.1. The standard InChI is InChI=1S/C62H90N13O14P/c1-29-20-39-40(21-30(29)2)75(28-70-39)57-52(84)53(41(27-76)87-57)89-90(85,86)88-31(3)26-69-49(83)18-19-59(8)37(22-46(66)80)56-62(11)61(10,25-48(68)82)36(14-17-45(65)79)51(74-62)33(5)55-60(9,24-47(67)81)34(12-15-43(63)77)38(71-55)23-42-58(6,7)35(13-16-44(64)78)50(72-42)32(4)54(59)73-56/h20-21,23,28,31,34-37,41,52-53,56-57,71,76,84H,12-19,22,24-27H2,1-11H3,(H2,63,77)(H2,64,78)(H2,65,79)(H2,66,80)(H2,67,81)(H2,68,82)(H,69,83)(H,85,86)/b38-23?,50-32?,55-33+. The molecule has 0 radical (unpaired) electrons. The molecule has 7 amide bonds. The zero-order valence-corrected chi connectivity index (χ0v) is 54.1. The Labute approximate surface area is 523 Å². The molecule has 7 heterocycles. The van der Waals surface area contributed by atoms with Gasteiger partial charge in [-0.25, -0.2) is 9.55 Å². The van der Waals surface area contributed by atoms with Gasteiger partial charge in [0.25, 0.3) is 0 Å². The van der Waals surface area contributed by atoms with E-state index in [0.29, 0.717) is 56.4 Å². The molecule has 8 bridgehead atoms. The fourth-order valence-corrected chi connectivity index (χ4v) is 16.6. The number of fused-ring (bicyclic) bond motifs is 7. The topological polar surface area (TPSA) is 460 Å². The number of phosphoric acid groups is 1. The zero-order chi connectivity index (χ0) is 66.7. The van der Waals surface area contributed by atoms with Crippen LogP contribution < -0.4 is 45.0 Å². The van der Waals surface area contributed by atoms with Crippen molar-refractivity contribution in [2.24, 2.45) is 94.7 Å². The number of aliphatic hydroxyl groups is 2. The molecule has 1 aromatic heterocycles. The van der Waals surface area contributed by atoms with Gasteiger partial charge < -0.3 is 69.4 Å². The lowest BCUT2D eigenvalue weighted by Crippen LogP contribution is -2.56. The number of imidazole rings is 1. The van der Waals surface area contributed by atoms with E-state index in [-0.39, 0.29) is 77.2 Å². The van der Waals surface area contributed by atoms with E-state index in [4.69, 9.17) is 63.2 Å². The second-order valence-corrected chi connectivity index (χ2v) is 28.4. The molecule has 1 aromatic carbocycles. The number of nitrogens with zero attached hydrogens (tertiary/aromatic N) is 5. The highest BCUT2D eigenvalue weighted by Crippen LogP contribution is 2.63. The summed E-state index contributed by atoms with van der Waals surface area (Å²) in [6, 6.07) is 2.70. The first kappa shape index (κ1) is 68.9. The Morgan fingerprint density at radius 3 is 1.99 bits per heavy atom. The summed E-state index contributed by atoms with van der Waals surface area (Å²) in [5.41, 5.74) is 37.4. The molecule has 15 atom stereocenters. The third-order valence-corrected chi connectivity index (χ3v) is 21.7. The van der Waals surface area contributed by atoms with Crippen LogP contribution in [0.25, 0.3) is 11.0 Å². The van der Waals surface area contributed by atoms with Crippen LogP contribution in [0.4, 0.5) is 0 Å². The van der Waals surface area contributed by atoms with E-state index in [2.05, 4.69) is 15.6 Å². The van der Waals surface area contributed by atoms with Crippen LogP contribution in [0.15, 0.2) is 67.8 Å². The number of primary amides is 6. The van der Waals surface area contributed by atoms with Crippen LogP contribution in [0.5, 0.6) is 0 Å². The number of benzene rings is 1. The van der Waals surface area contributed by atoms with Gasteiger partial charge in [-0.15, -0.1) is 0 Å². The molecule has 2 fully saturated rings. The first-order chi connectivity index (χ1) is 41.8. The number of phosphoric ester groups is 1. The normalized spacial score (nSPS) is 32.8. The van der Waals surface area contributed by atoms with Crippen LogP contribution in [-0.2, 0) is 51.9 Å². The Bertz CT molecular complexity index is 3540. The van der Waals surface area contributed by atoms with Crippen LogP contribution in [0.3, 0.4) is 0 Å². The molecule has 15 unspecified atom stereocenters. The molecule has 17 N–H and O–H groups in total. The quantitative estimate of drug-likeness (QED) is 0.0603. The largest absolute Gasteiger partial charge is 0.472 e. The molecule has 8 rings (SSSR count). The fraction of sp³-hybridized carbons (Fsp3) is 0.629. The van der Waals surface area contributed by atoms with Gasteiger partial charge >= 0.3 is 7.82 Å². The summed E-state index contributed by atoms with van der Waals surface area (Å²) in [6.07, 6.45) is -4.26. The lowest BCUT2D eigenvalue weighted by molar-refractivity contribution is -0.124. The van der Waals surface area contributed by atoms with Gasteiger partial charge in [0.1, 0.15) is 18.3 Å². The molecular formula is C62H90N13O14P. The second kappa shape index (κ2) is 25.6. The van der Waals surface area contributed by atoms with Crippen molar-refractivity contribution in [3.63, 3.8) is 0 Å². The predicted octanol–water partition coefficient (Wildman–Crippen LogP) is 3.16. The van der Waals surface area contributed by atoms with Gasteiger partial charge in [-0.3, -0.25) is 57.6 Å². The fourth-order valence-electron chi connectivity index (χ4n) is 15.4. The summed E-state index contributed by atoms with van der Waals surface area (Å²) in [7, 11) is -5.07. The van der Waals surface area contributed by atoms with Gasteiger partial charge in [0.15, 0.2) is 6.23 Å². The average Bonchev–Trinajstić information content (AvgIpc) is 1.53. The summed E-state index contributed by atoms with van der Waals surface area (Å²) in [5.74, 6) is -7.18. The highest BCUT2D eigenvalue weighted by molar-refractivity contribution is 7.47. The van der Waals surface area contributed by atoms with Crippen molar-refractivity contribution in [2.45, 2.75) is 189 Å². The number of hydrogen-bond donors (Lipinski definition) is 11. The maximum atomic E-state index is 14.4. The highest BCUT2D eigenvalue weighted by atomic mass is 31.2. The van der Waals surface area contributed by atoms with Gasteiger partial charge in [-0.05, 0) is 108 Å². The van der Waals surface area contributed by atoms with Crippen molar-refractivity contribution in [1.82, 2.24) is 20.2 Å². The first-order valence-corrected chi connectivity index (χ1v) is 32.1. The summed E-state index contributed by atoms with van der Waals surface area (Å²) < 4.78 is 32.3. The van der Waals surface area contributed by atoms with Crippen LogP contribution in [0.1, 0.15) is 150 Å². The van der Waals surface area contributed by atoms with E-state index in [1.165, 1.54) is 13.3 Å². The van der Waals surface area contributed by atoms with Crippen molar-refractivity contribution >= 4 is 77.3 Å². The van der Waals surface area contributed by atoms with Crippen molar-refractivity contribution < 1.29 is 67.0 Å². The number of nitrogens with one attached hydrogen (secondary N) is 2. The molecule has 0 saturated carbocycles. The Kier molecular flexibility index (Phi) is 19.6. The highest BCUT2D eigenvalue weighted by Gasteiger charge is 2.66. The summed E-state index contributed by atoms with van der Waals surface area (Å²) in [6.45, 7) is 19.3. The zero-order valence-electron chi connectivity index (χ0n) is 53.3. The number of rotatable bonds is 26. The van der Waals surface area contributed by atoms with E-state index in [9.17, 15) is 53.2 Å². The molecular weight excluding hydrogens is 1180 g/mol. The van der Waals surface area contributed by atoms with Crippen molar-refractivity contribution in [3.05, 3.63) is 63.9 Å². The van der Waals surface area contributed by atoms with Crippen LogP contribution in [-0.4, -0.2) is 132 Å². The minimum atomic E-state index is -5.07. The SMILES string of the molecule is CC1=C2N=C(C=C3N/C(=C(\C)C4=NC(C)(C5N=C1C(C)(CCC(=O)NCC(C)OP(=O)(O)OC1C(CO)OC(n6cnc7cc(C)c(C)cc76)C1O)C5CC(N)=O)C(C)(CC(N)=O)C4CCC(N)=O)C(C)(CC(N)=O)C3CCC(N)=O)C(C)(C)C2CCC(N)=O. The third-order valence-electron chi connectivity index (χ3n) is 20.6. The number of carbonyl (C=O) groups excluding carboxylic acids is 7. The lowest BCUT2D eigenvalue weighted by atomic mass is 9.55. The summed E-state index contributed by atoms with van der Waals surface area (Å²) in [4.78, 5) is 126. The number of ether oxygens (including phenoxy) is 1. The molecule has 2 aromatic rings. The molecule has 28 heteroatoms. The molecule has 2 saturated heterocycles. The molecule has 0 aliphatic carbocycles. The molecule has 6 aliphatic heterocycles. The number of aryl methyl sites for hydroxylation is 2. The van der Waals surface area contributed by atoms with E-state index in [1.54, 1.807) is 4.57 Å². The van der Waals surface area contributed by atoms with Crippen molar-refractivity contribution in [2.75, 3.05) is 13.2 Å². The minimum absolute atomic E-state index is 0.0114. The van der Waals surface area contributed by atoms with Gasteiger partial charge in [-0.1, -0.05) is 34.6 Å². The number of amides is 7. The van der Waals surface area contributed by atoms with Crippen molar-refractivity contribution in [3.8, 4) is 0 Å². The van der Waals surface area contributed by atoms with Crippen LogP contribution >= 0.6 is 7.82 Å². The molecule has 27 nitrogen and oxygen atoms in total. The van der Waals surface area contributed by atoms with Gasteiger partial charge in [0.2, 0.25) is 41.4 Å². The van der Waals surface area contributed by atoms with Crippen LogP contribution in [0.2, 0.25) is 0 Å². The smallest absolute Gasteiger partial charge is 0.394 e.